The van der Waals surface area contributed by atoms with E-state index in [9.17, 15) is 14.9 Å². The van der Waals surface area contributed by atoms with Gasteiger partial charge in [-0.3, -0.25) is 14.9 Å². The highest BCUT2D eigenvalue weighted by Crippen LogP contribution is 2.18. The average molecular weight is 405 g/mol. The molecular weight excluding hydrogens is 386 g/mol. The summed E-state index contributed by atoms with van der Waals surface area (Å²) in [6.07, 6.45) is 1.27. The Morgan fingerprint density at radius 3 is 2.24 bits per heavy atom. The minimum atomic E-state index is -0.488. The van der Waals surface area contributed by atoms with Gasteiger partial charge in [0.25, 0.3) is 11.6 Å². The monoisotopic (exact) mass is 405 g/mol. The van der Waals surface area contributed by atoms with Crippen molar-refractivity contribution in [3.8, 4) is 0 Å². The van der Waals surface area contributed by atoms with E-state index < -0.39 is 4.92 Å². The summed E-state index contributed by atoms with van der Waals surface area (Å²) in [5, 5.41) is 14.8. The fourth-order valence-corrected chi connectivity index (χ4v) is 3.56. The summed E-state index contributed by atoms with van der Waals surface area (Å²) >= 11 is 1.81. The van der Waals surface area contributed by atoms with Gasteiger partial charge in [0.05, 0.1) is 16.7 Å². The van der Waals surface area contributed by atoms with Crippen LogP contribution < -0.4 is 5.43 Å². The molecule has 3 aromatic rings. The van der Waals surface area contributed by atoms with Gasteiger partial charge < -0.3 is 0 Å². The maximum Gasteiger partial charge on any atom is 0.278 e. The molecule has 146 valence electrons. The van der Waals surface area contributed by atoms with Crippen molar-refractivity contribution in [1.82, 2.24) is 5.43 Å². The molecular formula is C22H19N3O3S. The zero-order valence-electron chi connectivity index (χ0n) is 15.5. The molecule has 0 heterocycles. The van der Waals surface area contributed by atoms with E-state index in [1.165, 1.54) is 17.8 Å². The Morgan fingerprint density at radius 2 is 1.55 bits per heavy atom. The van der Waals surface area contributed by atoms with Gasteiger partial charge in [-0.25, -0.2) is 5.43 Å². The normalized spacial score (nSPS) is 10.8. The maximum absolute atomic E-state index is 12.2. The number of nitrogens with zero attached hydrogens (tertiary/aromatic N) is 2. The summed E-state index contributed by atoms with van der Waals surface area (Å²) in [5.41, 5.74) is 5.54. The number of nitro benzene ring substituents is 1. The van der Waals surface area contributed by atoms with E-state index in [2.05, 4.69) is 22.7 Å². The van der Waals surface area contributed by atoms with Gasteiger partial charge in [-0.1, -0.05) is 54.6 Å². The second-order valence-electron chi connectivity index (χ2n) is 6.19. The summed E-state index contributed by atoms with van der Waals surface area (Å²) in [6, 6.07) is 23.8. The molecule has 0 bridgehead atoms. The van der Waals surface area contributed by atoms with Crippen molar-refractivity contribution in [1.29, 1.82) is 0 Å². The van der Waals surface area contributed by atoms with Crippen LogP contribution in [0.2, 0.25) is 0 Å². The summed E-state index contributed by atoms with van der Waals surface area (Å²) in [6.45, 7) is 0. The van der Waals surface area contributed by atoms with E-state index in [1.54, 1.807) is 30.3 Å². The molecule has 3 aromatic carbocycles. The number of hydrogen-bond acceptors (Lipinski definition) is 5. The minimum absolute atomic E-state index is 0.0668. The molecule has 7 heteroatoms. The molecule has 0 atom stereocenters. The van der Waals surface area contributed by atoms with E-state index in [-0.39, 0.29) is 11.6 Å². The van der Waals surface area contributed by atoms with Crippen LogP contribution in [0.3, 0.4) is 0 Å². The molecule has 0 saturated heterocycles. The smallest absolute Gasteiger partial charge is 0.267 e. The molecule has 0 saturated carbocycles. The van der Waals surface area contributed by atoms with Crippen molar-refractivity contribution < 1.29 is 9.72 Å². The molecule has 1 N–H and O–H groups in total. The molecule has 1 amide bonds. The standard InChI is InChI=1S/C22H19N3O3S/c26-22(24-23-14-20-8-4-5-9-21(20)25(27)28)19-12-10-18(11-13-19)16-29-15-17-6-2-1-3-7-17/h1-14H,15-16H2,(H,24,26)/b23-14-. The first kappa shape index (κ1) is 20.3. The lowest BCUT2D eigenvalue weighted by molar-refractivity contribution is -0.385. The third-order valence-electron chi connectivity index (χ3n) is 4.10. The minimum Gasteiger partial charge on any atom is -0.267 e. The van der Waals surface area contributed by atoms with E-state index in [1.807, 2.05) is 42.1 Å². The Hall–Kier alpha value is -3.45. The van der Waals surface area contributed by atoms with E-state index in [0.29, 0.717) is 11.1 Å². The SMILES string of the molecule is O=C(N/N=C\c1ccccc1[N+](=O)[O-])c1ccc(CSCc2ccccc2)cc1. The topological polar surface area (TPSA) is 84.6 Å². The Bertz CT molecular complexity index is 1010. The first-order chi connectivity index (χ1) is 14.1. The molecule has 29 heavy (non-hydrogen) atoms. The van der Waals surface area contributed by atoms with Crippen LogP contribution in [0.5, 0.6) is 0 Å². The number of carbonyl (C=O) groups is 1. The molecule has 0 fully saturated rings. The number of carbonyl (C=O) groups excluding carboxylic acids is 1. The van der Waals surface area contributed by atoms with Gasteiger partial charge in [0.1, 0.15) is 0 Å². The number of para-hydroxylation sites is 1. The zero-order chi connectivity index (χ0) is 20.5. The van der Waals surface area contributed by atoms with E-state index >= 15 is 0 Å². The summed E-state index contributed by atoms with van der Waals surface area (Å²) in [5.74, 6) is 1.42. The van der Waals surface area contributed by atoms with Crippen LogP contribution in [0.4, 0.5) is 5.69 Å². The van der Waals surface area contributed by atoms with Crippen LogP contribution in [-0.2, 0) is 11.5 Å². The van der Waals surface area contributed by atoms with Gasteiger partial charge in [0.15, 0.2) is 0 Å². The Morgan fingerprint density at radius 1 is 0.931 bits per heavy atom. The number of hydrogen-bond donors (Lipinski definition) is 1. The number of hydrazone groups is 1. The predicted molar refractivity (Wildman–Crippen MR) is 116 cm³/mol. The molecule has 0 unspecified atom stereocenters. The van der Waals surface area contributed by atoms with Gasteiger partial charge >= 0.3 is 0 Å². The van der Waals surface area contributed by atoms with Crippen molar-refractivity contribution in [2.24, 2.45) is 5.10 Å². The van der Waals surface area contributed by atoms with Crippen LogP contribution in [0.25, 0.3) is 0 Å². The quantitative estimate of drug-likeness (QED) is 0.332. The number of benzene rings is 3. The fraction of sp³-hybridized carbons (Fsp3) is 0.0909. The molecule has 6 nitrogen and oxygen atoms in total. The first-order valence-electron chi connectivity index (χ1n) is 8.91. The van der Waals surface area contributed by atoms with Gasteiger partial charge in [-0.2, -0.15) is 16.9 Å². The number of amides is 1. The predicted octanol–water partition coefficient (Wildman–Crippen LogP) is 4.79. The summed E-state index contributed by atoms with van der Waals surface area (Å²) in [7, 11) is 0. The average Bonchev–Trinajstić information content (AvgIpc) is 2.75. The Balaban J connectivity index is 1.52. The highest BCUT2D eigenvalue weighted by atomic mass is 32.2. The van der Waals surface area contributed by atoms with Crippen molar-refractivity contribution in [3.05, 3.63) is 111 Å². The van der Waals surface area contributed by atoms with E-state index in [0.717, 1.165) is 17.1 Å². The highest BCUT2D eigenvalue weighted by Gasteiger charge is 2.10. The molecule has 0 aliphatic carbocycles. The molecule has 0 spiro atoms. The van der Waals surface area contributed by atoms with Crippen LogP contribution >= 0.6 is 11.8 Å². The maximum atomic E-state index is 12.2. The van der Waals surface area contributed by atoms with Gasteiger partial charge in [0.2, 0.25) is 0 Å². The molecule has 0 aliphatic heterocycles. The van der Waals surface area contributed by atoms with Gasteiger partial charge in [0, 0.05) is 23.1 Å². The zero-order valence-corrected chi connectivity index (χ0v) is 16.3. The fourth-order valence-electron chi connectivity index (χ4n) is 2.60. The van der Waals surface area contributed by atoms with Gasteiger partial charge in [-0.15, -0.1) is 0 Å². The highest BCUT2D eigenvalue weighted by molar-refractivity contribution is 7.97. The molecule has 0 radical (unpaired) electrons. The van der Waals surface area contributed by atoms with Crippen LogP contribution in [0.15, 0.2) is 84.0 Å². The lowest BCUT2D eigenvalue weighted by atomic mass is 10.1. The molecule has 0 aromatic heterocycles. The van der Waals surface area contributed by atoms with Gasteiger partial charge in [-0.05, 0) is 29.3 Å². The molecule has 0 aliphatic rings. The molecule has 3 rings (SSSR count). The Kier molecular flexibility index (Phi) is 7.13. The number of nitrogens with one attached hydrogen (secondary N) is 1. The van der Waals surface area contributed by atoms with Crippen molar-refractivity contribution >= 4 is 29.6 Å². The third kappa shape index (κ3) is 6.02. The van der Waals surface area contributed by atoms with Crippen molar-refractivity contribution in [3.63, 3.8) is 0 Å². The number of thioether (sulfide) groups is 1. The lowest BCUT2D eigenvalue weighted by Gasteiger charge is -2.04. The van der Waals surface area contributed by atoms with E-state index in [4.69, 9.17) is 0 Å². The Labute approximate surface area is 172 Å². The van der Waals surface area contributed by atoms with Crippen molar-refractivity contribution in [2.45, 2.75) is 11.5 Å². The van der Waals surface area contributed by atoms with Crippen molar-refractivity contribution in [2.75, 3.05) is 0 Å². The summed E-state index contributed by atoms with van der Waals surface area (Å²) < 4.78 is 0. The third-order valence-corrected chi connectivity index (χ3v) is 5.17. The second kappa shape index (κ2) is 10.2. The largest absolute Gasteiger partial charge is 0.278 e. The second-order valence-corrected chi connectivity index (χ2v) is 7.18. The number of rotatable bonds is 8. The van der Waals surface area contributed by atoms with Crippen LogP contribution in [-0.4, -0.2) is 17.0 Å². The van der Waals surface area contributed by atoms with Crippen LogP contribution in [0.1, 0.15) is 27.0 Å². The lowest BCUT2D eigenvalue weighted by Crippen LogP contribution is -2.17. The number of nitro groups is 1. The van der Waals surface area contributed by atoms with Crippen LogP contribution in [0, 0.1) is 10.1 Å². The first-order valence-corrected chi connectivity index (χ1v) is 10.1. The summed E-state index contributed by atoms with van der Waals surface area (Å²) in [4.78, 5) is 22.7.